The minimum atomic E-state index is -0.953. The lowest BCUT2D eigenvalue weighted by Crippen LogP contribution is -2.53. The van der Waals surface area contributed by atoms with Gasteiger partial charge in [-0.25, -0.2) is 23.4 Å². The molecule has 2 atom stereocenters. The highest BCUT2D eigenvalue weighted by atomic mass is 19.2. The van der Waals surface area contributed by atoms with Crippen LogP contribution in [-0.4, -0.2) is 80.2 Å². The van der Waals surface area contributed by atoms with Crippen LogP contribution in [0.4, 0.5) is 13.6 Å². The minimum Gasteiger partial charge on any atom is -0.395 e. The van der Waals surface area contributed by atoms with Gasteiger partial charge in [-0.2, -0.15) is 0 Å². The molecule has 0 spiro atoms. The lowest BCUT2D eigenvalue weighted by atomic mass is 9.93. The minimum absolute atomic E-state index is 0.0261. The topological polar surface area (TPSA) is 124 Å². The first-order valence-corrected chi connectivity index (χ1v) is 12.8. The van der Waals surface area contributed by atoms with Gasteiger partial charge in [-0.05, 0) is 49.4 Å². The second kappa shape index (κ2) is 10.9. The molecule has 12 heteroatoms. The lowest BCUT2D eigenvalue weighted by Gasteiger charge is -2.33. The van der Waals surface area contributed by atoms with E-state index in [2.05, 4.69) is 15.3 Å². The number of halogens is 2. The average molecular weight is 529 g/mol. The summed E-state index contributed by atoms with van der Waals surface area (Å²) in [5.74, 6) is -2.72. The third-order valence-corrected chi connectivity index (χ3v) is 7.55. The monoisotopic (exact) mass is 528 g/mol. The Morgan fingerprint density at radius 1 is 1.11 bits per heavy atom. The van der Waals surface area contributed by atoms with Crippen LogP contribution in [0.2, 0.25) is 0 Å². The second-order valence-electron chi connectivity index (χ2n) is 9.82. The molecule has 2 saturated heterocycles. The number of urea groups is 1. The van der Waals surface area contributed by atoms with Crippen LogP contribution in [0.15, 0.2) is 41.3 Å². The van der Waals surface area contributed by atoms with Crippen LogP contribution in [0.3, 0.4) is 0 Å². The number of hydrogen-bond donors (Lipinski definition) is 3. The van der Waals surface area contributed by atoms with Gasteiger partial charge < -0.3 is 20.2 Å². The molecule has 10 nitrogen and oxygen atoms in total. The average Bonchev–Trinajstić information content (AvgIpc) is 3.18. The van der Waals surface area contributed by atoms with Crippen molar-refractivity contribution in [2.45, 2.75) is 43.7 Å². The molecule has 3 amide bonds. The number of aromatic nitrogens is 3. The summed E-state index contributed by atoms with van der Waals surface area (Å²) >= 11 is 0. The van der Waals surface area contributed by atoms with Gasteiger partial charge in [0.1, 0.15) is 6.04 Å². The largest absolute Gasteiger partial charge is 0.395 e. The van der Waals surface area contributed by atoms with Crippen LogP contribution in [0, 0.1) is 11.6 Å². The van der Waals surface area contributed by atoms with E-state index in [-0.39, 0.29) is 49.3 Å². The van der Waals surface area contributed by atoms with Crippen molar-refractivity contribution < 1.29 is 23.5 Å². The summed E-state index contributed by atoms with van der Waals surface area (Å²) in [4.78, 5) is 48.8. The van der Waals surface area contributed by atoms with Crippen molar-refractivity contribution in [2.24, 2.45) is 0 Å². The van der Waals surface area contributed by atoms with Crippen molar-refractivity contribution in [3.05, 3.63) is 64.2 Å². The fraction of sp³-hybridized carbons (Fsp3) is 0.462. The molecule has 2 aromatic heterocycles. The molecule has 2 unspecified atom stereocenters. The number of carbonyl (C=O) groups excluding carboxylic acids is 2. The number of aliphatic hydroxyl groups is 1. The summed E-state index contributed by atoms with van der Waals surface area (Å²) in [5.41, 5.74) is 1.18. The summed E-state index contributed by atoms with van der Waals surface area (Å²) in [5, 5.41) is 12.3. The van der Waals surface area contributed by atoms with Gasteiger partial charge in [-0.1, -0.05) is 12.1 Å². The van der Waals surface area contributed by atoms with Gasteiger partial charge in [0.25, 0.3) is 0 Å². The number of pyridine rings is 1. The first-order chi connectivity index (χ1) is 18.4. The maximum absolute atomic E-state index is 14.5. The highest BCUT2D eigenvalue weighted by molar-refractivity contribution is 5.87. The van der Waals surface area contributed by atoms with Crippen molar-refractivity contribution >= 4 is 23.1 Å². The van der Waals surface area contributed by atoms with Gasteiger partial charge in [0.15, 0.2) is 17.3 Å². The van der Waals surface area contributed by atoms with Crippen LogP contribution >= 0.6 is 0 Å². The number of aromatic amines is 1. The van der Waals surface area contributed by atoms with E-state index in [9.17, 15) is 28.3 Å². The van der Waals surface area contributed by atoms with Crippen LogP contribution in [0.1, 0.15) is 43.2 Å². The molecule has 0 bridgehead atoms. The quantitative estimate of drug-likeness (QED) is 0.468. The number of β-amino-alcohol motifs (C(OH)–C–C–N with tert-alkyl or cyclic N) is 1. The SMILES string of the molecule is O=C(NC1CCC(c2cccc(F)c2F)CN(CCO)C1=O)N1CCC(n2c(=O)[nH]c3ncccc32)CC1. The summed E-state index contributed by atoms with van der Waals surface area (Å²) in [6, 6.07) is 6.24. The normalized spacial score (nSPS) is 21.1. The summed E-state index contributed by atoms with van der Waals surface area (Å²) < 4.78 is 30.0. The molecule has 0 aliphatic carbocycles. The highest BCUT2D eigenvalue weighted by Gasteiger charge is 2.35. The number of benzene rings is 1. The molecular weight excluding hydrogens is 498 g/mol. The van der Waals surface area contributed by atoms with E-state index in [0.717, 1.165) is 11.6 Å². The number of amides is 3. The molecule has 38 heavy (non-hydrogen) atoms. The van der Waals surface area contributed by atoms with Crippen molar-refractivity contribution in [1.82, 2.24) is 29.7 Å². The van der Waals surface area contributed by atoms with Gasteiger partial charge in [0.2, 0.25) is 5.91 Å². The molecule has 3 aromatic rings. The van der Waals surface area contributed by atoms with Crippen molar-refractivity contribution in [1.29, 1.82) is 0 Å². The van der Waals surface area contributed by atoms with Crippen LogP contribution in [-0.2, 0) is 4.79 Å². The Balaban J connectivity index is 1.25. The summed E-state index contributed by atoms with van der Waals surface area (Å²) in [6.07, 6.45) is 3.35. The molecule has 0 radical (unpaired) electrons. The third-order valence-electron chi connectivity index (χ3n) is 7.55. The molecule has 1 aromatic carbocycles. The molecule has 2 aliphatic rings. The Morgan fingerprint density at radius 2 is 1.89 bits per heavy atom. The Morgan fingerprint density at radius 3 is 2.66 bits per heavy atom. The number of carbonyl (C=O) groups is 2. The smallest absolute Gasteiger partial charge is 0.327 e. The number of piperidine rings is 1. The molecule has 2 aliphatic heterocycles. The van der Waals surface area contributed by atoms with E-state index in [4.69, 9.17) is 0 Å². The van der Waals surface area contributed by atoms with Crippen molar-refractivity contribution in [3.63, 3.8) is 0 Å². The van der Waals surface area contributed by atoms with Crippen LogP contribution < -0.4 is 11.0 Å². The summed E-state index contributed by atoms with van der Waals surface area (Å²) in [6.45, 7) is 0.646. The molecule has 4 heterocycles. The maximum Gasteiger partial charge on any atom is 0.327 e. The van der Waals surface area contributed by atoms with Gasteiger partial charge >= 0.3 is 11.7 Å². The number of hydrogen-bond acceptors (Lipinski definition) is 5. The zero-order chi connectivity index (χ0) is 26.8. The zero-order valence-corrected chi connectivity index (χ0v) is 20.8. The number of imidazole rings is 1. The number of nitrogens with one attached hydrogen (secondary N) is 2. The third kappa shape index (κ3) is 5.00. The van der Waals surface area contributed by atoms with Crippen LogP contribution in [0.25, 0.3) is 11.2 Å². The van der Waals surface area contributed by atoms with Gasteiger partial charge in [0.05, 0.1) is 12.1 Å². The molecule has 3 N–H and O–H groups in total. The predicted molar refractivity (Wildman–Crippen MR) is 135 cm³/mol. The van der Waals surface area contributed by atoms with Crippen molar-refractivity contribution in [2.75, 3.05) is 32.8 Å². The number of aliphatic hydroxyl groups excluding tert-OH is 1. The Hall–Kier alpha value is -3.80. The van der Waals surface area contributed by atoms with E-state index >= 15 is 0 Å². The Labute approximate surface area is 217 Å². The van der Waals surface area contributed by atoms with E-state index < -0.39 is 29.6 Å². The van der Waals surface area contributed by atoms with E-state index in [0.29, 0.717) is 38.0 Å². The van der Waals surface area contributed by atoms with E-state index in [1.807, 2.05) is 6.07 Å². The van der Waals surface area contributed by atoms with Gasteiger partial charge in [-0.15, -0.1) is 0 Å². The van der Waals surface area contributed by atoms with E-state index in [1.165, 1.54) is 17.0 Å². The number of rotatable bonds is 5. The first-order valence-electron chi connectivity index (χ1n) is 12.8. The summed E-state index contributed by atoms with van der Waals surface area (Å²) in [7, 11) is 0. The second-order valence-corrected chi connectivity index (χ2v) is 9.82. The fourth-order valence-corrected chi connectivity index (χ4v) is 5.59. The lowest BCUT2D eigenvalue weighted by molar-refractivity contribution is -0.133. The molecule has 5 rings (SSSR count). The first kappa shape index (κ1) is 25.8. The van der Waals surface area contributed by atoms with Gasteiger partial charge in [-0.3, -0.25) is 14.3 Å². The zero-order valence-electron chi connectivity index (χ0n) is 20.8. The number of H-pyrrole nitrogens is 1. The predicted octanol–water partition coefficient (Wildman–Crippen LogP) is 2.12. The molecule has 0 saturated carbocycles. The standard InChI is InChI=1S/C26H30F2N6O4/c27-19-4-1-3-18(22(19)28)16-6-7-20(24(36)33(15-16)13-14-35)30-25(37)32-11-8-17(9-12-32)34-21-5-2-10-29-23(21)31-26(34)38/h1-5,10,16-17,20,35H,6-9,11-15H2,(H,30,37)(H,29,31,38). The maximum atomic E-state index is 14.5. The van der Waals surface area contributed by atoms with Crippen molar-refractivity contribution in [3.8, 4) is 0 Å². The fourth-order valence-electron chi connectivity index (χ4n) is 5.59. The number of nitrogens with zero attached hydrogens (tertiary/aromatic N) is 4. The number of fused-ring (bicyclic) bond motifs is 1. The molecule has 2 fully saturated rings. The highest BCUT2D eigenvalue weighted by Crippen LogP contribution is 2.30. The number of likely N-dealkylation sites (tertiary alicyclic amines) is 2. The molecule has 202 valence electrons. The van der Waals surface area contributed by atoms with Gasteiger partial charge in [0, 0.05) is 44.3 Å². The van der Waals surface area contributed by atoms with E-state index in [1.54, 1.807) is 21.7 Å². The molecular formula is C26H30F2N6O4. The van der Waals surface area contributed by atoms with Crippen LogP contribution in [0.5, 0.6) is 0 Å². The Kier molecular flexibility index (Phi) is 7.41. The Bertz CT molecular complexity index is 1380.